The normalized spacial score (nSPS) is 4.17. The third kappa shape index (κ3) is 19.4. The van der Waals surface area contributed by atoms with E-state index in [0.29, 0.717) is 0 Å². The van der Waals surface area contributed by atoms with Gasteiger partial charge in [-0.1, -0.05) is 16.3 Å². The molecule has 0 saturated carbocycles. The maximum absolute atomic E-state index is 7.88. The number of hydrogen-bond donors (Lipinski definition) is 0. The first-order valence-corrected chi connectivity index (χ1v) is 1.32. The molecule has 0 bridgehead atoms. The molecule has 0 atom stereocenters. The maximum Gasteiger partial charge on any atom is 0.154 e. The van der Waals surface area contributed by atoms with Gasteiger partial charge in [-0.3, -0.25) is 0 Å². The highest BCUT2D eigenvalue weighted by atomic mass is 17.2. The molecule has 0 spiro atoms. The Hall–Kier alpha value is -0.860. The lowest BCUT2D eigenvalue weighted by molar-refractivity contribution is -0.284. The second-order valence-corrected chi connectivity index (χ2v) is 0.476. The van der Waals surface area contributed by atoms with Crippen LogP contribution in [0.25, 0.3) is 0 Å². The summed E-state index contributed by atoms with van der Waals surface area (Å²) >= 11 is 0. The first kappa shape index (κ1) is 8.94. The molecular weight excluding hydrogens is 84.0 g/mol. The van der Waals surface area contributed by atoms with Crippen molar-refractivity contribution in [1.29, 1.82) is 0 Å². The van der Waals surface area contributed by atoms with Crippen LogP contribution in [0.4, 0.5) is 0 Å². The largest absolute Gasteiger partial charge is 0.154 e. The monoisotopic (exact) mass is 90.0 g/mol. The summed E-state index contributed by atoms with van der Waals surface area (Å²) in [5.74, 6) is 0. The number of allylic oxidation sites excluding steroid dienone is 1. The molecule has 0 aromatic heterocycles. The van der Waals surface area contributed by atoms with Gasteiger partial charge in [-0.05, 0) is 6.92 Å². The average molecular weight is 90.1 g/mol. The van der Waals surface area contributed by atoms with Crippen molar-refractivity contribution in [3.05, 3.63) is 22.4 Å². The molecule has 0 heterocycles. The third-order valence-electron chi connectivity index (χ3n) is 0. The van der Waals surface area contributed by atoms with Gasteiger partial charge in [-0.2, -0.15) is 0 Å². The summed E-state index contributed by atoms with van der Waals surface area (Å²) in [5.41, 5.74) is 0. The van der Waals surface area contributed by atoms with E-state index in [4.69, 9.17) is 10.2 Å². The van der Waals surface area contributed by atoms with Crippen molar-refractivity contribution < 1.29 is 5.26 Å². The molecule has 3 heteroatoms. The first-order valence-electron chi connectivity index (χ1n) is 1.32. The van der Waals surface area contributed by atoms with Crippen LogP contribution in [0.2, 0.25) is 0 Å². The van der Waals surface area contributed by atoms with E-state index in [-0.39, 0.29) is 0 Å². The van der Waals surface area contributed by atoms with Crippen LogP contribution in [-0.2, 0) is 0 Å². The first-order chi connectivity index (χ1) is 2.83. The molecule has 6 heavy (non-hydrogen) atoms. The van der Waals surface area contributed by atoms with Gasteiger partial charge in [-0.15, -0.1) is 6.58 Å². The minimum atomic E-state index is 1.75. The van der Waals surface area contributed by atoms with Gasteiger partial charge >= 0.3 is 0 Å². The SMILES string of the molecule is C=CC.O=[O+][O-]. The van der Waals surface area contributed by atoms with Crippen molar-refractivity contribution in [3.63, 3.8) is 0 Å². The standard InChI is InChI=1S/C3H6.O3/c2*1-3-2/h3H,1H2,2H3;. The van der Waals surface area contributed by atoms with Gasteiger partial charge in [0.15, 0.2) is 4.75 Å². The number of rotatable bonds is 0. The Kier molecular flexibility index (Phi) is 46.8. The fraction of sp³-hybridized carbons (Fsp3) is 0.333. The van der Waals surface area contributed by atoms with Gasteiger partial charge in [0.2, 0.25) is 0 Å². The zero-order chi connectivity index (χ0) is 5.41. The molecular formula is C3H6O3. The van der Waals surface area contributed by atoms with Gasteiger partial charge in [0.25, 0.3) is 0 Å². The topological polar surface area (TPSA) is 51.4 Å². The quantitative estimate of drug-likeness (QED) is 0.183. The molecule has 0 saturated heterocycles. The lowest BCUT2D eigenvalue weighted by atomic mass is 10.8. The zero-order valence-electron chi connectivity index (χ0n) is 3.51. The molecule has 0 unspecified atom stereocenters. The molecule has 0 aliphatic rings. The van der Waals surface area contributed by atoms with Crippen LogP contribution in [0.3, 0.4) is 0 Å². The van der Waals surface area contributed by atoms with Crippen LogP contribution >= 0.6 is 0 Å². The Labute approximate surface area is 35.8 Å². The molecule has 0 aromatic carbocycles. The van der Waals surface area contributed by atoms with Crippen LogP contribution in [0.5, 0.6) is 0 Å². The summed E-state index contributed by atoms with van der Waals surface area (Å²) in [7, 11) is 0. The molecule has 0 fully saturated rings. The number of hydrogen-bond acceptors (Lipinski definition) is 2. The highest BCUT2D eigenvalue weighted by Crippen LogP contribution is 1.38. The highest BCUT2D eigenvalue weighted by Gasteiger charge is 1.27. The van der Waals surface area contributed by atoms with E-state index in [1.807, 2.05) is 6.92 Å². The Balaban J connectivity index is 0. The minimum absolute atomic E-state index is 1.75. The van der Waals surface area contributed by atoms with Crippen LogP contribution in [0.15, 0.2) is 12.7 Å². The smallest absolute Gasteiger partial charge is 0.103 e. The molecule has 0 aliphatic heterocycles. The van der Waals surface area contributed by atoms with Crippen molar-refractivity contribution >= 4 is 0 Å². The van der Waals surface area contributed by atoms with E-state index < -0.39 is 0 Å². The Bertz CT molecular complexity index is 27.0. The summed E-state index contributed by atoms with van der Waals surface area (Å²) in [6, 6.07) is 0. The van der Waals surface area contributed by atoms with Crippen LogP contribution in [-0.4, -0.2) is 0 Å². The van der Waals surface area contributed by atoms with Gasteiger partial charge in [0.05, 0.1) is 0 Å². The summed E-state index contributed by atoms with van der Waals surface area (Å²) in [6.07, 6.45) is 1.75. The van der Waals surface area contributed by atoms with Gasteiger partial charge in [0, 0.05) is 0 Å². The molecule has 36 valence electrons. The summed E-state index contributed by atoms with van der Waals surface area (Å²) in [6.45, 7) is 5.25. The van der Waals surface area contributed by atoms with E-state index in [9.17, 15) is 0 Å². The second-order valence-electron chi connectivity index (χ2n) is 0.476. The Morgan fingerprint density at radius 1 is 2.00 bits per heavy atom. The highest BCUT2D eigenvalue weighted by molar-refractivity contribution is 4.51. The van der Waals surface area contributed by atoms with E-state index in [2.05, 4.69) is 6.58 Å². The molecule has 0 amide bonds. The summed E-state index contributed by atoms with van der Waals surface area (Å²) in [5, 5.41) is 7.88. The molecule has 0 radical (unpaired) electrons. The van der Waals surface area contributed by atoms with Crippen LogP contribution in [0, 0.1) is 9.71 Å². The molecule has 0 aromatic rings. The lowest BCUT2D eigenvalue weighted by Gasteiger charge is -1.31. The van der Waals surface area contributed by atoms with Crippen molar-refractivity contribution in [2.24, 2.45) is 0 Å². The Morgan fingerprint density at radius 2 is 2.00 bits per heavy atom. The van der Waals surface area contributed by atoms with Crippen molar-refractivity contribution in [2.45, 2.75) is 6.92 Å². The summed E-state index contributed by atoms with van der Waals surface area (Å²) in [4.78, 5) is 7.88. The van der Waals surface area contributed by atoms with Crippen molar-refractivity contribution in [2.75, 3.05) is 0 Å². The lowest BCUT2D eigenvalue weighted by Crippen LogP contribution is -1.82. The van der Waals surface area contributed by atoms with E-state index >= 15 is 0 Å². The van der Waals surface area contributed by atoms with Gasteiger partial charge in [-0.25, -0.2) is 0 Å². The molecule has 0 N–H and O–H groups in total. The van der Waals surface area contributed by atoms with Crippen molar-refractivity contribution in [3.8, 4) is 0 Å². The Morgan fingerprint density at radius 3 is 2.00 bits per heavy atom. The molecule has 3 nitrogen and oxygen atoms in total. The third-order valence-corrected chi connectivity index (χ3v) is 0. The van der Waals surface area contributed by atoms with Crippen molar-refractivity contribution in [1.82, 2.24) is 0 Å². The van der Waals surface area contributed by atoms with Gasteiger partial charge < -0.3 is 0 Å². The van der Waals surface area contributed by atoms with E-state index in [0.717, 1.165) is 0 Å². The van der Waals surface area contributed by atoms with Gasteiger partial charge in [0.1, 0.15) is 0 Å². The van der Waals surface area contributed by atoms with Crippen LogP contribution < -0.4 is 5.26 Å². The predicted molar refractivity (Wildman–Crippen MR) is 22.6 cm³/mol. The minimum Gasteiger partial charge on any atom is -0.103 e. The fourth-order valence-electron chi connectivity index (χ4n) is 0. The molecule has 0 aliphatic carbocycles. The molecule has 0 rings (SSSR count). The summed E-state index contributed by atoms with van der Waals surface area (Å²) < 4.78 is 1.75. The van der Waals surface area contributed by atoms with E-state index in [1.165, 1.54) is 0 Å². The maximum atomic E-state index is 7.88. The van der Waals surface area contributed by atoms with Crippen LogP contribution in [0.1, 0.15) is 6.92 Å². The second kappa shape index (κ2) is 31.4. The fourth-order valence-corrected chi connectivity index (χ4v) is 0. The van der Waals surface area contributed by atoms with E-state index in [1.54, 1.807) is 10.8 Å². The predicted octanol–water partition coefficient (Wildman–Crippen LogP) is 0.0703. The average Bonchev–Trinajstić information content (AvgIpc) is 1.39. The zero-order valence-corrected chi connectivity index (χ0v) is 3.51.